The number of benzene rings is 1. The van der Waals surface area contributed by atoms with Gasteiger partial charge in [0.1, 0.15) is 0 Å². The predicted molar refractivity (Wildman–Crippen MR) is 91.0 cm³/mol. The smallest absolute Gasteiger partial charge is 0.331 e. The first-order chi connectivity index (χ1) is 9.52. The number of carboxylic acid groups (broad SMARTS) is 1. The van der Waals surface area contributed by atoms with Crippen molar-refractivity contribution < 1.29 is 9.90 Å². The molecule has 0 bridgehead atoms. The SMILES string of the molecule is CC(C)(C)CN1c2ccccc2P(C(C)(C)C)[C@@H]1C(=O)O. The van der Waals surface area contributed by atoms with Crippen molar-refractivity contribution in [1.29, 1.82) is 0 Å². The molecule has 0 aliphatic carbocycles. The summed E-state index contributed by atoms with van der Waals surface area (Å²) in [6, 6.07) is 8.23. The Morgan fingerprint density at radius 2 is 1.76 bits per heavy atom. The Labute approximate surface area is 129 Å². The molecule has 1 aromatic rings. The second kappa shape index (κ2) is 5.28. The number of hydrogen-bond donors (Lipinski definition) is 1. The summed E-state index contributed by atoms with van der Waals surface area (Å²) in [7, 11) is -0.771. The Morgan fingerprint density at radius 1 is 1.19 bits per heavy atom. The summed E-state index contributed by atoms with van der Waals surface area (Å²) in [5.74, 6) is -1.12. The first kappa shape index (κ1) is 16.3. The van der Waals surface area contributed by atoms with Gasteiger partial charge in [0.15, 0.2) is 5.78 Å². The molecule has 0 saturated heterocycles. The van der Waals surface area contributed by atoms with Gasteiger partial charge in [-0.15, -0.1) is 0 Å². The van der Waals surface area contributed by atoms with Crippen molar-refractivity contribution in [2.75, 3.05) is 11.4 Å². The molecule has 1 heterocycles. The molecule has 116 valence electrons. The molecule has 1 aromatic carbocycles. The van der Waals surface area contributed by atoms with Gasteiger partial charge >= 0.3 is 5.97 Å². The maximum absolute atomic E-state index is 12.0. The Kier molecular flexibility index (Phi) is 4.10. The van der Waals surface area contributed by atoms with Crippen molar-refractivity contribution >= 4 is 24.9 Å². The van der Waals surface area contributed by atoms with Crippen LogP contribution in [0.3, 0.4) is 0 Å². The second-order valence-corrected chi connectivity index (χ2v) is 11.0. The lowest BCUT2D eigenvalue weighted by Gasteiger charge is -2.36. The molecular formula is C17H26NO2P. The summed E-state index contributed by atoms with van der Waals surface area (Å²) < 4.78 is 0. The lowest BCUT2D eigenvalue weighted by Crippen LogP contribution is -2.43. The van der Waals surface area contributed by atoms with E-state index in [-0.39, 0.29) is 10.6 Å². The molecule has 2 atom stereocenters. The number of carboxylic acids is 1. The number of hydrogen-bond acceptors (Lipinski definition) is 2. The number of para-hydroxylation sites is 1. The molecule has 0 radical (unpaired) electrons. The summed E-state index contributed by atoms with van der Waals surface area (Å²) in [6.07, 6.45) is 0. The predicted octanol–water partition coefficient (Wildman–Crippen LogP) is 3.87. The Morgan fingerprint density at radius 3 is 2.24 bits per heavy atom. The van der Waals surface area contributed by atoms with Crippen molar-refractivity contribution in [3.63, 3.8) is 0 Å². The minimum atomic E-state index is -0.771. The summed E-state index contributed by atoms with van der Waals surface area (Å²) >= 11 is 0. The second-order valence-electron chi connectivity index (χ2n) is 7.93. The van der Waals surface area contributed by atoms with Gasteiger partial charge in [-0.05, 0) is 24.6 Å². The van der Waals surface area contributed by atoms with Crippen LogP contribution in [0.5, 0.6) is 0 Å². The lowest BCUT2D eigenvalue weighted by atomic mass is 9.95. The van der Waals surface area contributed by atoms with Gasteiger partial charge in [-0.2, -0.15) is 0 Å². The minimum absolute atomic E-state index is 0.0267. The van der Waals surface area contributed by atoms with Gasteiger partial charge in [-0.25, -0.2) is 4.79 Å². The monoisotopic (exact) mass is 307 g/mol. The number of nitrogens with zero attached hydrogens (tertiary/aromatic N) is 1. The highest BCUT2D eigenvalue weighted by molar-refractivity contribution is 7.69. The van der Waals surface area contributed by atoms with E-state index in [1.54, 1.807) is 0 Å². The molecule has 3 nitrogen and oxygen atoms in total. The molecule has 0 amide bonds. The molecule has 1 N–H and O–H groups in total. The molecule has 0 spiro atoms. The maximum Gasteiger partial charge on any atom is 0.331 e. The highest BCUT2D eigenvalue weighted by Gasteiger charge is 2.48. The quantitative estimate of drug-likeness (QED) is 0.843. The van der Waals surface area contributed by atoms with E-state index in [0.29, 0.717) is 0 Å². The highest BCUT2D eigenvalue weighted by Crippen LogP contribution is 2.60. The van der Waals surface area contributed by atoms with Gasteiger partial charge in [-0.1, -0.05) is 59.7 Å². The van der Waals surface area contributed by atoms with Crippen molar-refractivity contribution in [3.05, 3.63) is 24.3 Å². The zero-order chi connectivity index (χ0) is 16.0. The largest absolute Gasteiger partial charge is 0.479 e. The average molecular weight is 307 g/mol. The van der Waals surface area contributed by atoms with Gasteiger partial charge in [0.05, 0.1) is 0 Å². The molecule has 0 aromatic heterocycles. The van der Waals surface area contributed by atoms with E-state index >= 15 is 0 Å². The minimum Gasteiger partial charge on any atom is -0.479 e. The number of rotatable bonds is 2. The number of aliphatic carboxylic acids is 1. The number of carbonyl (C=O) groups is 1. The average Bonchev–Trinajstić information content (AvgIpc) is 2.62. The van der Waals surface area contributed by atoms with E-state index in [0.717, 1.165) is 12.2 Å². The number of anilines is 1. The van der Waals surface area contributed by atoms with Gasteiger partial charge in [-0.3, -0.25) is 0 Å². The third-order valence-corrected chi connectivity index (χ3v) is 6.91. The Balaban J connectivity index is 2.56. The van der Waals surface area contributed by atoms with E-state index in [9.17, 15) is 9.90 Å². The van der Waals surface area contributed by atoms with E-state index in [4.69, 9.17) is 0 Å². The summed E-state index contributed by atoms with van der Waals surface area (Å²) in [5.41, 5.74) is 1.17. The fourth-order valence-electron chi connectivity index (χ4n) is 2.97. The van der Waals surface area contributed by atoms with Crippen molar-refractivity contribution in [3.8, 4) is 0 Å². The van der Waals surface area contributed by atoms with E-state index < -0.39 is 19.7 Å². The summed E-state index contributed by atoms with van der Waals surface area (Å²) in [5, 5.41) is 11.1. The topological polar surface area (TPSA) is 40.5 Å². The van der Waals surface area contributed by atoms with Crippen molar-refractivity contribution in [1.82, 2.24) is 0 Å². The van der Waals surface area contributed by atoms with E-state index in [1.165, 1.54) is 5.30 Å². The van der Waals surface area contributed by atoms with Crippen LogP contribution in [0, 0.1) is 5.41 Å². The van der Waals surface area contributed by atoms with Gasteiger partial charge < -0.3 is 10.0 Å². The zero-order valence-corrected chi connectivity index (χ0v) is 14.7. The van der Waals surface area contributed by atoms with Crippen LogP contribution in [0.2, 0.25) is 0 Å². The maximum atomic E-state index is 12.0. The molecule has 21 heavy (non-hydrogen) atoms. The van der Waals surface area contributed by atoms with Crippen LogP contribution in [0.4, 0.5) is 5.69 Å². The Bertz CT molecular complexity index is 542. The van der Waals surface area contributed by atoms with Gasteiger partial charge in [0.25, 0.3) is 0 Å². The van der Waals surface area contributed by atoms with Crippen LogP contribution < -0.4 is 10.2 Å². The van der Waals surface area contributed by atoms with Gasteiger partial charge in [0, 0.05) is 17.5 Å². The first-order valence-electron chi connectivity index (χ1n) is 7.40. The molecule has 2 rings (SSSR count). The Hall–Kier alpha value is -1.08. The first-order valence-corrected chi connectivity index (χ1v) is 8.81. The van der Waals surface area contributed by atoms with Crippen LogP contribution in [0.1, 0.15) is 41.5 Å². The lowest BCUT2D eigenvalue weighted by molar-refractivity contribution is -0.136. The van der Waals surface area contributed by atoms with Crippen LogP contribution in [-0.4, -0.2) is 28.6 Å². The molecule has 0 saturated carbocycles. The van der Waals surface area contributed by atoms with Crippen LogP contribution in [0.15, 0.2) is 24.3 Å². The standard InChI is InChI=1S/C17H26NO2P/c1-16(2,3)11-18-12-9-7-8-10-13(12)21(17(4,5)6)14(18)15(19)20/h7-10,14H,11H2,1-6H3,(H,19,20)/t14-,21?/m1/s1. The molecule has 4 heteroatoms. The third-order valence-electron chi connectivity index (χ3n) is 3.58. The fraction of sp³-hybridized carbons (Fsp3) is 0.588. The van der Waals surface area contributed by atoms with Gasteiger partial charge in [0.2, 0.25) is 0 Å². The van der Waals surface area contributed by atoms with Crippen LogP contribution >= 0.6 is 7.92 Å². The van der Waals surface area contributed by atoms with Crippen molar-refractivity contribution in [2.45, 2.75) is 52.5 Å². The normalized spacial score (nSPS) is 22.3. The molecule has 1 aliphatic heterocycles. The van der Waals surface area contributed by atoms with Crippen molar-refractivity contribution in [2.24, 2.45) is 5.41 Å². The van der Waals surface area contributed by atoms with Crippen LogP contribution in [-0.2, 0) is 4.79 Å². The highest BCUT2D eigenvalue weighted by atomic mass is 31.1. The van der Waals surface area contributed by atoms with E-state index in [2.05, 4.69) is 58.6 Å². The molecule has 0 fully saturated rings. The number of fused-ring (bicyclic) bond motifs is 1. The fourth-order valence-corrected chi connectivity index (χ4v) is 6.09. The summed E-state index contributed by atoms with van der Waals surface area (Å²) in [4.78, 5) is 14.1. The summed E-state index contributed by atoms with van der Waals surface area (Å²) in [6.45, 7) is 13.7. The molecular weight excluding hydrogens is 281 g/mol. The van der Waals surface area contributed by atoms with Crippen LogP contribution in [0.25, 0.3) is 0 Å². The molecule has 1 unspecified atom stereocenters. The zero-order valence-electron chi connectivity index (χ0n) is 13.8. The van der Waals surface area contributed by atoms with E-state index in [1.807, 2.05) is 12.1 Å². The molecule has 1 aliphatic rings. The third kappa shape index (κ3) is 3.23.